The van der Waals surface area contributed by atoms with Gasteiger partial charge < -0.3 is 10.1 Å². The van der Waals surface area contributed by atoms with Crippen LogP contribution in [0.4, 0.5) is 0 Å². The average Bonchev–Trinajstić information content (AvgIpc) is 2.46. The fourth-order valence-corrected chi connectivity index (χ4v) is 2.90. The molecule has 0 radical (unpaired) electrons. The molecule has 1 aromatic rings. The van der Waals surface area contributed by atoms with Gasteiger partial charge in [-0.3, -0.25) is 0 Å². The first-order chi connectivity index (χ1) is 9.96. The van der Waals surface area contributed by atoms with E-state index >= 15 is 0 Å². The molecule has 1 fully saturated rings. The van der Waals surface area contributed by atoms with Crippen molar-refractivity contribution in [1.29, 1.82) is 0 Å². The zero-order chi connectivity index (χ0) is 15.3. The van der Waals surface area contributed by atoms with Gasteiger partial charge in [0.05, 0.1) is 6.10 Å². The molecule has 0 aromatic heterocycles. The van der Waals surface area contributed by atoms with E-state index in [1.807, 2.05) is 0 Å². The summed E-state index contributed by atoms with van der Waals surface area (Å²) in [7, 11) is 0. The van der Waals surface area contributed by atoms with Crippen LogP contribution in [0.1, 0.15) is 65.4 Å². The van der Waals surface area contributed by atoms with E-state index in [9.17, 15) is 0 Å². The lowest BCUT2D eigenvalue weighted by atomic mass is 9.86. The molecule has 0 spiro atoms. The number of rotatable bonds is 5. The fraction of sp³-hybridized carbons (Fsp3) is 0.684. The molecule has 1 saturated carbocycles. The van der Waals surface area contributed by atoms with Crippen LogP contribution >= 0.6 is 0 Å². The Morgan fingerprint density at radius 3 is 2.19 bits per heavy atom. The van der Waals surface area contributed by atoms with Crippen LogP contribution in [0.25, 0.3) is 0 Å². The van der Waals surface area contributed by atoms with Gasteiger partial charge in [-0.1, -0.05) is 25.5 Å². The van der Waals surface area contributed by atoms with Crippen LogP contribution in [-0.4, -0.2) is 11.6 Å². The molecule has 21 heavy (non-hydrogen) atoms. The molecule has 1 aliphatic rings. The van der Waals surface area contributed by atoms with Crippen molar-refractivity contribution in [3.63, 3.8) is 0 Å². The monoisotopic (exact) mass is 289 g/mol. The highest BCUT2D eigenvalue weighted by Crippen LogP contribution is 2.29. The fourth-order valence-electron chi connectivity index (χ4n) is 2.90. The minimum absolute atomic E-state index is 0.160. The third-order valence-electron chi connectivity index (χ3n) is 4.42. The van der Waals surface area contributed by atoms with Gasteiger partial charge in [0.25, 0.3) is 0 Å². The summed E-state index contributed by atoms with van der Waals surface area (Å²) in [5, 5.41) is 3.51. The first-order valence-corrected chi connectivity index (χ1v) is 8.47. The minimum atomic E-state index is 0.160. The molecular weight excluding hydrogens is 258 g/mol. The van der Waals surface area contributed by atoms with E-state index in [0.717, 1.165) is 18.2 Å². The summed E-state index contributed by atoms with van der Waals surface area (Å²) in [4.78, 5) is 0. The summed E-state index contributed by atoms with van der Waals surface area (Å²) in [5.41, 5.74) is 1.47. The lowest BCUT2D eigenvalue weighted by molar-refractivity contribution is 0.130. The van der Waals surface area contributed by atoms with E-state index < -0.39 is 0 Å². The van der Waals surface area contributed by atoms with Crippen molar-refractivity contribution in [2.45, 2.75) is 78.0 Å². The van der Waals surface area contributed by atoms with Gasteiger partial charge >= 0.3 is 0 Å². The molecule has 0 aliphatic heterocycles. The van der Waals surface area contributed by atoms with Crippen molar-refractivity contribution in [1.82, 2.24) is 5.32 Å². The molecule has 2 nitrogen and oxygen atoms in total. The lowest BCUT2D eigenvalue weighted by Gasteiger charge is -2.28. The second kappa shape index (κ2) is 7.31. The van der Waals surface area contributed by atoms with Gasteiger partial charge in [0.15, 0.2) is 0 Å². The maximum atomic E-state index is 6.13. The van der Waals surface area contributed by atoms with Gasteiger partial charge in [-0.2, -0.15) is 0 Å². The van der Waals surface area contributed by atoms with Crippen LogP contribution in [0.5, 0.6) is 5.75 Å². The molecule has 0 bridgehead atoms. The van der Waals surface area contributed by atoms with Crippen LogP contribution in [0.15, 0.2) is 24.3 Å². The van der Waals surface area contributed by atoms with Crippen molar-refractivity contribution in [2.24, 2.45) is 5.92 Å². The highest BCUT2D eigenvalue weighted by Gasteiger charge is 2.21. The number of ether oxygens (including phenoxy) is 1. The first kappa shape index (κ1) is 16.4. The third kappa shape index (κ3) is 5.70. The standard InChI is InChI=1S/C19H31NO/c1-5-15-6-10-17(11-7-15)21-18-12-8-16(9-13-18)14-20-19(2,3)4/h8-9,12-13,15,17,20H,5-7,10-11,14H2,1-4H3. The van der Waals surface area contributed by atoms with Gasteiger partial charge in [0, 0.05) is 12.1 Å². The Bertz CT molecular complexity index is 410. The highest BCUT2D eigenvalue weighted by atomic mass is 16.5. The quantitative estimate of drug-likeness (QED) is 0.830. The molecule has 1 aromatic carbocycles. The predicted molar refractivity (Wildman–Crippen MR) is 89.7 cm³/mol. The topological polar surface area (TPSA) is 21.3 Å². The van der Waals surface area contributed by atoms with Crippen molar-refractivity contribution >= 4 is 0 Å². The normalized spacial score (nSPS) is 23.0. The van der Waals surface area contributed by atoms with E-state index in [1.54, 1.807) is 0 Å². The van der Waals surface area contributed by atoms with Crippen LogP contribution in [-0.2, 0) is 6.54 Å². The summed E-state index contributed by atoms with van der Waals surface area (Å²) in [6.07, 6.45) is 6.83. The van der Waals surface area contributed by atoms with Gasteiger partial charge in [-0.15, -0.1) is 0 Å². The van der Waals surface area contributed by atoms with E-state index in [4.69, 9.17) is 4.74 Å². The van der Waals surface area contributed by atoms with Crippen molar-refractivity contribution in [2.75, 3.05) is 0 Å². The molecule has 1 N–H and O–H groups in total. The van der Waals surface area contributed by atoms with Gasteiger partial charge in [0.2, 0.25) is 0 Å². The molecule has 0 amide bonds. The molecule has 0 unspecified atom stereocenters. The van der Waals surface area contributed by atoms with Gasteiger partial charge in [-0.25, -0.2) is 0 Å². The molecule has 0 atom stereocenters. The van der Waals surface area contributed by atoms with Crippen molar-refractivity contribution in [3.05, 3.63) is 29.8 Å². The zero-order valence-corrected chi connectivity index (χ0v) is 14.1. The van der Waals surface area contributed by atoms with Crippen molar-refractivity contribution < 1.29 is 4.74 Å². The Balaban J connectivity index is 1.80. The van der Waals surface area contributed by atoms with Crippen LogP contribution in [0, 0.1) is 5.92 Å². The summed E-state index contributed by atoms with van der Waals surface area (Å²) < 4.78 is 6.13. The maximum absolute atomic E-state index is 6.13. The summed E-state index contributed by atoms with van der Waals surface area (Å²) >= 11 is 0. The van der Waals surface area contributed by atoms with Crippen LogP contribution < -0.4 is 10.1 Å². The molecule has 1 aliphatic carbocycles. The van der Waals surface area contributed by atoms with E-state index in [-0.39, 0.29) is 5.54 Å². The Hall–Kier alpha value is -1.02. The Morgan fingerprint density at radius 1 is 1.05 bits per heavy atom. The van der Waals surface area contributed by atoms with Crippen LogP contribution in [0.3, 0.4) is 0 Å². The smallest absolute Gasteiger partial charge is 0.119 e. The Kier molecular flexibility index (Phi) is 5.69. The predicted octanol–water partition coefficient (Wildman–Crippen LogP) is 4.92. The molecule has 0 saturated heterocycles. The Labute approximate surface area is 130 Å². The average molecular weight is 289 g/mol. The number of hydrogen-bond donors (Lipinski definition) is 1. The number of benzene rings is 1. The van der Waals surface area contributed by atoms with E-state index in [2.05, 4.69) is 57.3 Å². The second-order valence-corrected chi connectivity index (χ2v) is 7.42. The third-order valence-corrected chi connectivity index (χ3v) is 4.42. The maximum Gasteiger partial charge on any atom is 0.119 e. The molecule has 0 heterocycles. The van der Waals surface area contributed by atoms with Gasteiger partial charge in [-0.05, 0) is 70.1 Å². The SMILES string of the molecule is CCC1CCC(Oc2ccc(CNC(C)(C)C)cc2)CC1. The van der Waals surface area contributed by atoms with E-state index in [0.29, 0.717) is 6.10 Å². The van der Waals surface area contributed by atoms with Crippen LogP contribution in [0.2, 0.25) is 0 Å². The minimum Gasteiger partial charge on any atom is -0.490 e. The molecule has 2 rings (SSSR count). The zero-order valence-electron chi connectivity index (χ0n) is 14.1. The first-order valence-electron chi connectivity index (χ1n) is 8.47. The largest absolute Gasteiger partial charge is 0.490 e. The highest BCUT2D eigenvalue weighted by molar-refractivity contribution is 5.27. The van der Waals surface area contributed by atoms with Gasteiger partial charge in [0.1, 0.15) is 5.75 Å². The van der Waals surface area contributed by atoms with E-state index in [1.165, 1.54) is 37.7 Å². The lowest BCUT2D eigenvalue weighted by Crippen LogP contribution is -2.35. The van der Waals surface area contributed by atoms with Crippen molar-refractivity contribution in [3.8, 4) is 5.75 Å². The number of nitrogens with one attached hydrogen (secondary N) is 1. The molecular formula is C19H31NO. The number of hydrogen-bond acceptors (Lipinski definition) is 2. The summed E-state index contributed by atoms with van der Waals surface area (Å²) in [5.74, 6) is 1.95. The summed E-state index contributed by atoms with van der Waals surface area (Å²) in [6, 6.07) is 8.58. The summed E-state index contributed by atoms with van der Waals surface area (Å²) in [6.45, 7) is 9.78. The molecule has 2 heteroatoms. The Morgan fingerprint density at radius 2 is 1.67 bits per heavy atom. The second-order valence-electron chi connectivity index (χ2n) is 7.42. The molecule has 118 valence electrons.